The summed E-state index contributed by atoms with van der Waals surface area (Å²) >= 11 is 1.36. The van der Waals surface area contributed by atoms with E-state index in [9.17, 15) is 14.0 Å². The quantitative estimate of drug-likeness (QED) is 0.597. The third-order valence-corrected chi connectivity index (χ3v) is 5.11. The highest BCUT2D eigenvalue weighted by molar-refractivity contribution is 7.14. The molecule has 0 aliphatic heterocycles. The maximum atomic E-state index is 13.2. The van der Waals surface area contributed by atoms with Gasteiger partial charge in [-0.15, -0.1) is 11.3 Å². The number of amides is 2. The minimum absolute atomic E-state index is 0.00443. The number of aryl methyl sites for hydroxylation is 2. The standard InChI is InChI=1S/C22H23FN4O2S/c1-14-7-8-15(2)18(9-14)19-13-30-22(25-19)26-21(29)12-27(3)11-20(28)24-17-6-4-5-16(23)10-17/h4-10,13H,11-12H2,1-3H3,(H,24,28)(H,25,26,29). The van der Waals surface area contributed by atoms with Crippen LogP contribution in [0.25, 0.3) is 11.3 Å². The molecule has 0 aliphatic rings. The summed E-state index contributed by atoms with van der Waals surface area (Å²) in [5.74, 6) is -1.02. The van der Waals surface area contributed by atoms with Crippen LogP contribution in [0.15, 0.2) is 47.8 Å². The van der Waals surface area contributed by atoms with Crippen LogP contribution in [0.2, 0.25) is 0 Å². The van der Waals surface area contributed by atoms with Crippen LogP contribution < -0.4 is 10.6 Å². The molecule has 0 spiro atoms. The van der Waals surface area contributed by atoms with Gasteiger partial charge in [0.2, 0.25) is 11.8 Å². The molecular formula is C22H23FN4O2S. The van der Waals surface area contributed by atoms with Gasteiger partial charge < -0.3 is 10.6 Å². The summed E-state index contributed by atoms with van der Waals surface area (Å²) in [7, 11) is 1.66. The molecule has 1 heterocycles. The fourth-order valence-electron chi connectivity index (χ4n) is 2.94. The van der Waals surface area contributed by atoms with Gasteiger partial charge in [0.1, 0.15) is 5.82 Å². The van der Waals surface area contributed by atoms with Gasteiger partial charge in [-0.3, -0.25) is 14.5 Å². The second-order valence-electron chi connectivity index (χ2n) is 7.14. The van der Waals surface area contributed by atoms with E-state index in [0.29, 0.717) is 10.8 Å². The molecule has 30 heavy (non-hydrogen) atoms. The summed E-state index contributed by atoms with van der Waals surface area (Å²) in [6, 6.07) is 11.8. The highest BCUT2D eigenvalue weighted by Crippen LogP contribution is 2.28. The summed E-state index contributed by atoms with van der Waals surface area (Å²) in [6.45, 7) is 4.07. The normalized spacial score (nSPS) is 10.8. The maximum Gasteiger partial charge on any atom is 0.240 e. The Morgan fingerprint density at radius 3 is 2.53 bits per heavy atom. The number of hydrogen-bond acceptors (Lipinski definition) is 5. The van der Waals surface area contributed by atoms with Crippen molar-refractivity contribution in [2.24, 2.45) is 0 Å². The third-order valence-electron chi connectivity index (χ3n) is 4.35. The van der Waals surface area contributed by atoms with Gasteiger partial charge in [-0.1, -0.05) is 23.8 Å². The van der Waals surface area contributed by atoms with Gasteiger partial charge >= 0.3 is 0 Å². The Morgan fingerprint density at radius 2 is 1.80 bits per heavy atom. The number of thiazole rings is 1. The fraction of sp³-hybridized carbons (Fsp3) is 0.227. The lowest BCUT2D eigenvalue weighted by molar-refractivity contribution is -0.119. The Kier molecular flexibility index (Phi) is 6.91. The van der Waals surface area contributed by atoms with Crippen molar-refractivity contribution in [3.8, 4) is 11.3 Å². The zero-order chi connectivity index (χ0) is 21.7. The molecule has 1 aromatic heterocycles. The summed E-state index contributed by atoms with van der Waals surface area (Å²) in [4.78, 5) is 30.5. The van der Waals surface area contributed by atoms with E-state index in [-0.39, 0.29) is 24.9 Å². The Hall–Kier alpha value is -3.10. The van der Waals surface area contributed by atoms with Crippen molar-refractivity contribution in [1.82, 2.24) is 9.88 Å². The molecule has 8 heteroatoms. The molecule has 0 fully saturated rings. The van der Waals surface area contributed by atoms with Gasteiger partial charge in [0.25, 0.3) is 0 Å². The molecule has 0 saturated carbocycles. The van der Waals surface area contributed by atoms with E-state index in [1.807, 2.05) is 31.4 Å². The minimum atomic E-state index is -0.427. The largest absolute Gasteiger partial charge is 0.325 e. The molecule has 0 atom stereocenters. The van der Waals surface area contributed by atoms with Crippen molar-refractivity contribution in [3.63, 3.8) is 0 Å². The van der Waals surface area contributed by atoms with E-state index in [0.717, 1.165) is 22.4 Å². The number of halogens is 1. The Bertz CT molecular complexity index is 1070. The molecule has 2 amide bonds. The summed E-state index contributed by atoms with van der Waals surface area (Å²) in [6.07, 6.45) is 0. The number of carbonyl (C=O) groups is 2. The Labute approximate surface area is 178 Å². The SMILES string of the molecule is Cc1ccc(C)c(-c2csc(NC(=O)CN(C)CC(=O)Nc3cccc(F)c3)n2)c1. The topological polar surface area (TPSA) is 74.3 Å². The number of rotatable bonds is 7. The molecule has 2 N–H and O–H groups in total. The lowest BCUT2D eigenvalue weighted by Crippen LogP contribution is -2.36. The summed E-state index contributed by atoms with van der Waals surface area (Å²) in [5.41, 5.74) is 4.50. The fourth-order valence-corrected chi connectivity index (χ4v) is 3.67. The molecule has 0 saturated heterocycles. The van der Waals surface area contributed by atoms with Crippen LogP contribution >= 0.6 is 11.3 Å². The van der Waals surface area contributed by atoms with E-state index >= 15 is 0 Å². The van der Waals surface area contributed by atoms with Gasteiger partial charge in [0, 0.05) is 16.6 Å². The summed E-state index contributed by atoms with van der Waals surface area (Å²) in [5, 5.41) is 7.80. The lowest BCUT2D eigenvalue weighted by atomic mass is 10.0. The van der Waals surface area contributed by atoms with Crippen LogP contribution in [0.3, 0.4) is 0 Å². The number of aromatic nitrogens is 1. The van der Waals surface area contributed by atoms with Crippen molar-refractivity contribution in [3.05, 3.63) is 64.8 Å². The molecule has 0 bridgehead atoms. The highest BCUT2D eigenvalue weighted by Gasteiger charge is 2.14. The number of likely N-dealkylation sites (N-methyl/N-ethyl adjacent to an activating group) is 1. The van der Waals surface area contributed by atoms with Gasteiger partial charge in [0.15, 0.2) is 5.13 Å². The third kappa shape index (κ3) is 5.95. The van der Waals surface area contributed by atoms with Crippen LogP contribution in [-0.2, 0) is 9.59 Å². The lowest BCUT2D eigenvalue weighted by Gasteiger charge is -2.15. The second-order valence-corrected chi connectivity index (χ2v) is 7.99. The molecule has 0 radical (unpaired) electrons. The van der Waals surface area contributed by atoms with Crippen LogP contribution in [0.5, 0.6) is 0 Å². The minimum Gasteiger partial charge on any atom is -0.325 e. The Morgan fingerprint density at radius 1 is 1.07 bits per heavy atom. The smallest absolute Gasteiger partial charge is 0.240 e. The number of nitrogens with one attached hydrogen (secondary N) is 2. The van der Waals surface area contributed by atoms with Crippen LogP contribution in [0.4, 0.5) is 15.2 Å². The van der Waals surface area contributed by atoms with Gasteiger partial charge in [-0.05, 0) is 50.7 Å². The van der Waals surface area contributed by atoms with E-state index in [1.54, 1.807) is 18.0 Å². The molecule has 3 aromatic rings. The first-order chi connectivity index (χ1) is 14.3. The van der Waals surface area contributed by atoms with Gasteiger partial charge in [0.05, 0.1) is 18.8 Å². The molecular weight excluding hydrogens is 403 g/mol. The predicted octanol–water partition coefficient (Wildman–Crippen LogP) is 4.08. The van der Waals surface area contributed by atoms with Crippen molar-refractivity contribution in [2.45, 2.75) is 13.8 Å². The van der Waals surface area contributed by atoms with Crippen LogP contribution in [0.1, 0.15) is 11.1 Å². The number of hydrogen-bond donors (Lipinski definition) is 2. The predicted molar refractivity (Wildman–Crippen MR) is 118 cm³/mol. The van der Waals surface area contributed by atoms with E-state index in [1.165, 1.54) is 29.5 Å². The van der Waals surface area contributed by atoms with Crippen molar-refractivity contribution >= 4 is 34.0 Å². The first-order valence-electron chi connectivity index (χ1n) is 9.37. The molecule has 6 nitrogen and oxygen atoms in total. The van der Waals surface area contributed by atoms with Crippen LogP contribution in [0, 0.1) is 19.7 Å². The van der Waals surface area contributed by atoms with Crippen LogP contribution in [-0.4, -0.2) is 41.8 Å². The second kappa shape index (κ2) is 9.60. The number of nitrogens with zero attached hydrogens (tertiary/aromatic N) is 2. The van der Waals surface area contributed by atoms with E-state index in [4.69, 9.17) is 0 Å². The van der Waals surface area contributed by atoms with Gasteiger partial charge in [-0.25, -0.2) is 9.37 Å². The van der Waals surface area contributed by atoms with Crippen molar-refractivity contribution < 1.29 is 14.0 Å². The van der Waals surface area contributed by atoms with E-state index in [2.05, 4.69) is 21.7 Å². The highest BCUT2D eigenvalue weighted by atomic mass is 32.1. The first kappa shape index (κ1) is 21.6. The Balaban J connectivity index is 1.52. The molecule has 156 valence electrons. The van der Waals surface area contributed by atoms with E-state index < -0.39 is 5.82 Å². The molecule has 3 rings (SSSR count). The average molecular weight is 427 g/mol. The summed E-state index contributed by atoms with van der Waals surface area (Å²) < 4.78 is 13.2. The van der Waals surface area contributed by atoms with Crippen molar-refractivity contribution in [1.29, 1.82) is 0 Å². The van der Waals surface area contributed by atoms with Gasteiger partial charge in [-0.2, -0.15) is 0 Å². The monoisotopic (exact) mass is 426 g/mol. The number of carbonyl (C=O) groups excluding carboxylic acids is 2. The number of benzene rings is 2. The zero-order valence-corrected chi connectivity index (χ0v) is 17.8. The molecule has 2 aromatic carbocycles. The molecule has 0 unspecified atom stereocenters. The number of anilines is 2. The zero-order valence-electron chi connectivity index (χ0n) is 17.0. The molecule has 0 aliphatic carbocycles. The maximum absolute atomic E-state index is 13.2. The van der Waals surface area contributed by atoms with Crippen molar-refractivity contribution in [2.75, 3.05) is 30.8 Å². The first-order valence-corrected chi connectivity index (χ1v) is 10.2. The average Bonchev–Trinajstić information content (AvgIpc) is 3.11.